The molecule has 14 nitrogen and oxygen atoms in total. The molecule has 0 radical (unpaired) electrons. The summed E-state index contributed by atoms with van der Waals surface area (Å²) in [5, 5.41) is 53.6. The summed E-state index contributed by atoms with van der Waals surface area (Å²) in [4.78, 5) is 36.9. The highest BCUT2D eigenvalue weighted by Gasteiger charge is 2.49. The number of carboxylic acids is 2. The molecule has 0 aliphatic heterocycles. The van der Waals surface area contributed by atoms with Crippen molar-refractivity contribution in [3.63, 3.8) is 0 Å². The van der Waals surface area contributed by atoms with Crippen LogP contribution in [0.5, 0.6) is 0 Å². The Bertz CT molecular complexity index is 1440. The molecule has 2 heterocycles. The lowest BCUT2D eigenvalue weighted by Crippen LogP contribution is -2.52. The van der Waals surface area contributed by atoms with Crippen molar-refractivity contribution in [3.8, 4) is 12.3 Å². The molecule has 0 bridgehead atoms. The third kappa shape index (κ3) is 6.62. The lowest BCUT2D eigenvalue weighted by Gasteiger charge is -2.36. The van der Waals surface area contributed by atoms with Gasteiger partial charge in [-0.25, -0.2) is 14.6 Å². The molecule has 0 spiro atoms. The first kappa shape index (κ1) is 31.1. The quantitative estimate of drug-likeness (QED) is 0.0809. The maximum absolute atomic E-state index is 12.1. The number of hydrogen-bond donors (Lipinski definition) is 6. The lowest BCUT2D eigenvalue weighted by atomic mass is 9.80. The largest absolute Gasteiger partial charge is 0.479 e. The van der Waals surface area contributed by atoms with Crippen LogP contribution < -0.4 is 5.32 Å². The minimum absolute atomic E-state index is 0.0875. The Kier molecular flexibility index (Phi) is 9.62. The van der Waals surface area contributed by atoms with E-state index in [-0.39, 0.29) is 28.8 Å². The molecule has 0 amide bonds. The van der Waals surface area contributed by atoms with Gasteiger partial charge in [0.1, 0.15) is 6.10 Å². The van der Waals surface area contributed by atoms with Crippen LogP contribution in [-0.2, 0) is 25.5 Å². The van der Waals surface area contributed by atoms with Crippen LogP contribution in [0.3, 0.4) is 0 Å². The number of halogens is 1. The van der Waals surface area contributed by atoms with Crippen molar-refractivity contribution < 1.29 is 44.6 Å². The van der Waals surface area contributed by atoms with E-state index in [2.05, 4.69) is 26.2 Å². The number of carboxylic acid groups (broad SMARTS) is 2. The molecule has 1 aromatic carbocycles. The summed E-state index contributed by atoms with van der Waals surface area (Å²) in [5.41, 5.74) is -2.89. The van der Waals surface area contributed by atoms with E-state index in [9.17, 15) is 35.1 Å². The van der Waals surface area contributed by atoms with Crippen molar-refractivity contribution in [2.24, 2.45) is 0 Å². The van der Waals surface area contributed by atoms with E-state index in [1.165, 1.54) is 10.9 Å². The maximum atomic E-state index is 12.1. The summed E-state index contributed by atoms with van der Waals surface area (Å²) in [6.07, 6.45) is 3.91. The fourth-order valence-electron chi connectivity index (χ4n) is 4.45. The predicted octanol–water partition coefficient (Wildman–Crippen LogP) is 0.844. The Morgan fingerprint density at radius 2 is 1.90 bits per heavy atom. The second-order valence-electron chi connectivity index (χ2n) is 9.95. The van der Waals surface area contributed by atoms with Gasteiger partial charge < -0.3 is 40.3 Å². The van der Waals surface area contributed by atoms with Gasteiger partial charge >= 0.3 is 11.9 Å². The van der Waals surface area contributed by atoms with Crippen LogP contribution in [0.15, 0.2) is 36.7 Å². The Morgan fingerprint density at radius 1 is 1.21 bits per heavy atom. The second kappa shape index (κ2) is 13.0. The Hall–Kier alpha value is -3.84. The summed E-state index contributed by atoms with van der Waals surface area (Å²) in [6.45, 7) is -1.28. The van der Waals surface area contributed by atoms with Crippen molar-refractivity contribution in [3.05, 3.63) is 47.5 Å². The zero-order valence-corrected chi connectivity index (χ0v) is 23.0. The van der Waals surface area contributed by atoms with E-state index in [0.717, 1.165) is 6.42 Å². The highest BCUT2D eigenvalue weighted by atomic mass is 35.5. The van der Waals surface area contributed by atoms with Crippen LogP contribution in [0.2, 0.25) is 5.28 Å². The highest BCUT2D eigenvalue weighted by Crippen LogP contribution is 2.33. The number of benzene rings is 1. The van der Waals surface area contributed by atoms with Crippen molar-refractivity contribution in [2.45, 2.75) is 55.3 Å². The molecule has 3 atom stereocenters. The van der Waals surface area contributed by atoms with E-state index in [4.69, 9.17) is 27.5 Å². The Labute approximate surface area is 244 Å². The molecule has 6 N–H and O–H groups in total. The number of terminal acetylenes is 1. The number of nitrogens with one attached hydrogen (secondary N) is 1. The van der Waals surface area contributed by atoms with Gasteiger partial charge in [0.05, 0.1) is 25.1 Å². The van der Waals surface area contributed by atoms with Gasteiger partial charge in [-0.3, -0.25) is 4.57 Å². The molecule has 1 fully saturated rings. The van der Waals surface area contributed by atoms with Crippen LogP contribution in [0.1, 0.15) is 31.1 Å². The van der Waals surface area contributed by atoms with Crippen molar-refractivity contribution in [2.75, 3.05) is 25.1 Å². The average Bonchev–Trinajstić information content (AvgIpc) is 3.37. The molecule has 3 aromatic rings. The second-order valence-corrected chi connectivity index (χ2v) is 10.3. The molecular weight excluding hydrogens is 574 g/mol. The number of aliphatic carboxylic acids is 2. The molecule has 1 saturated carbocycles. The molecule has 4 rings (SSSR count). The van der Waals surface area contributed by atoms with Gasteiger partial charge in [-0.15, -0.1) is 6.42 Å². The van der Waals surface area contributed by atoms with Gasteiger partial charge in [0, 0.05) is 13.0 Å². The predicted molar refractivity (Wildman–Crippen MR) is 148 cm³/mol. The third-order valence-corrected chi connectivity index (χ3v) is 7.19. The van der Waals surface area contributed by atoms with Gasteiger partial charge in [0.2, 0.25) is 5.28 Å². The van der Waals surface area contributed by atoms with E-state index in [1.54, 1.807) is 30.3 Å². The highest BCUT2D eigenvalue weighted by molar-refractivity contribution is 6.28. The molecule has 15 heteroatoms. The van der Waals surface area contributed by atoms with E-state index in [0.29, 0.717) is 18.4 Å². The number of ether oxygens (including phenoxy) is 2. The molecule has 42 heavy (non-hydrogen) atoms. The number of aromatic nitrogens is 4. The van der Waals surface area contributed by atoms with Gasteiger partial charge in [0.15, 0.2) is 29.3 Å². The SMILES string of the molecule is C#C[C@@H](O)[C@@H](O[C@@H](CO)COC(Cc1ccccc1)(C(=O)O)C(=O)O)n1cnc2c(NCC3(O)CCC3)nc(Cl)nc21. The normalized spacial score (nSPS) is 16.6. The lowest BCUT2D eigenvalue weighted by molar-refractivity contribution is -0.195. The average molecular weight is 604 g/mol. The van der Waals surface area contributed by atoms with E-state index < -0.39 is 61.2 Å². The van der Waals surface area contributed by atoms with Crippen molar-refractivity contribution in [1.29, 1.82) is 0 Å². The summed E-state index contributed by atoms with van der Waals surface area (Å²) in [5.74, 6) is -1.17. The summed E-state index contributed by atoms with van der Waals surface area (Å²) in [6, 6.07) is 8.04. The Morgan fingerprint density at radius 3 is 2.48 bits per heavy atom. The van der Waals surface area contributed by atoms with Gasteiger partial charge in [-0.05, 0) is 36.4 Å². The summed E-state index contributed by atoms with van der Waals surface area (Å²) >= 11 is 6.15. The first-order chi connectivity index (χ1) is 20.0. The summed E-state index contributed by atoms with van der Waals surface area (Å²) in [7, 11) is 0. The van der Waals surface area contributed by atoms with Crippen LogP contribution in [0.4, 0.5) is 5.82 Å². The number of aliphatic hydroxyl groups excluding tert-OH is 2. The zero-order chi connectivity index (χ0) is 30.5. The van der Waals surface area contributed by atoms with Crippen molar-refractivity contribution in [1.82, 2.24) is 19.5 Å². The maximum Gasteiger partial charge on any atom is 0.348 e. The van der Waals surface area contributed by atoms with E-state index in [1.807, 2.05) is 0 Å². The molecule has 1 aliphatic rings. The van der Waals surface area contributed by atoms with Gasteiger partial charge in [-0.1, -0.05) is 36.3 Å². The minimum Gasteiger partial charge on any atom is -0.479 e. The standard InChI is InChI=1S/C27H30ClN5O9/c1-2-18(35)22(33-15-30-19-20(31-25(28)32-21(19)33)29-14-26(40)9-6-10-26)42-17(12-34)13-41-27(23(36)37,24(38)39)11-16-7-4-3-5-8-16/h1,3-5,7-8,15,17-18,22,34-35,40H,6,9-14H2,(H,36,37)(H,38,39)(H,29,31,32)/t17-,18+,22+/m0/s1. The van der Waals surface area contributed by atoms with Crippen LogP contribution >= 0.6 is 11.6 Å². The number of nitrogens with zero attached hydrogens (tertiary/aromatic N) is 4. The number of fused-ring (bicyclic) bond motifs is 1. The Balaban J connectivity index is 1.59. The number of rotatable bonds is 15. The van der Waals surface area contributed by atoms with Gasteiger partial charge in [-0.2, -0.15) is 9.97 Å². The topological polar surface area (TPSA) is 209 Å². The van der Waals surface area contributed by atoms with Crippen LogP contribution in [0, 0.1) is 12.3 Å². The molecule has 224 valence electrons. The summed E-state index contributed by atoms with van der Waals surface area (Å²) < 4.78 is 12.5. The minimum atomic E-state index is -2.70. The number of anilines is 1. The van der Waals surface area contributed by atoms with E-state index >= 15 is 0 Å². The molecule has 1 aliphatic carbocycles. The van der Waals surface area contributed by atoms with Crippen LogP contribution in [-0.4, -0.2) is 100 Å². The number of aliphatic hydroxyl groups is 3. The molecule has 0 saturated heterocycles. The molecule has 2 aromatic heterocycles. The number of hydrogen-bond acceptors (Lipinski definition) is 11. The zero-order valence-electron chi connectivity index (χ0n) is 22.3. The first-order valence-corrected chi connectivity index (χ1v) is 13.3. The fraction of sp³-hybridized carbons (Fsp3) is 0.444. The number of carbonyl (C=O) groups is 2. The molecule has 0 unspecified atom stereocenters. The molecular formula is C27H30ClN5O9. The fourth-order valence-corrected chi connectivity index (χ4v) is 4.62. The number of imidazole rings is 1. The smallest absolute Gasteiger partial charge is 0.348 e. The van der Waals surface area contributed by atoms with Crippen LogP contribution in [0.25, 0.3) is 11.2 Å². The first-order valence-electron chi connectivity index (χ1n) is 12.9. The third-order valence-electron chi connectivity index (χ3n) is 7.02. The van der Waals surface area contributed by atoms with Crippen molar-refractivity contribution >= 4 is 40.5 Å². The monoisotopic (exact) mass is 603 g/mol. The van der Waals surface area contributed by atoms with Gasteiger partial charge in [0.25, 0.3) is 5.60 Å².